The van der Waals surface area contributed by atoms with Gasteiger partial charge in [0, 0.05) is 19.3 Å². The molecule has 0 bridgehead atoms. The fourth-order valence-corrected chi connectivity index (χ4v) is 2.33. The normalized spacial score (nSPS) is 17.3. The molecule has 1 unspecified atom stereocenters. The Morgan fingerprint density at radius 3 is 3.11 bits per heavy atom. The number of ketones is 1. The topological polar surface area (TPSA) is 59.8 Å². The van der Waals surface area contributed by atoms with E-state index in [0.717, 1.165) is 11.3 Å². The second-order valence-corrected chi connectivity index (χ2v) is 4.46. The summed E-state index contributed by atoms with van der Waals surface area (Å²) in [6.45, 7) is 0.677. The molecule has 0 radical (unpaired) electrons. The van der Waals surface area contributed by atoms with Crippen molar-refractivity contribution in [3.63, 3.8) is 0 Å². The second-order valence-electron chi connectivity index (χ2n) is 4.46. The number of aryl methyl sites for hydroxylation is 1. The minimum atomic E-state index is -0.0714. The first-order valence-corrected chi connectivity index (χ1v) is 5.94. The van der Waals surface area contributed by atoms with Crippen LogP contribution in [-0.4, -0.2) is 27.1 Å². The molecule has 1 atom stereocenters. The lowest BCUT2D eigenvalue weighted by atomic mass is 9.95. The number of aromatic nitrogens is 3. The fourth-order valence-electron chi connectivity index (χ4n) is 2.33. The minimum absolute atomic E-state index is 0.0714. The van der Waals surface area contributed by atoms with E-state index in [-0.39, 0.29) is 11.7 Å². The molecule has 0 spiro atoms. The molecule has 1 aliphatic heterocycles. The van der Waals surface area contributed by atoms with E-state index in [1.807, 2.05) is 24.3 Å². The Balaban J connectivity index is 1.81. The van der Waals surface area contributed by atoms with Gasteiger partial charge in [0.15, 0.2) is 0 Å². The number of para-hydroxylation sites is 1. The first kappa shape index (κ1) is 11.0. The van der Waals surface area contributed by atoms with E-state index in [0.29, 0.717) is 18.8 Å². The number of carbonyl (C=O) groups excluding carboxylic acids is 1. The van der Waals surface area contributed by atoms with Crippen LogP contribution in [0.15, 0.2) is 30.6 Å². The Labute approximate surface area is 105 Å². The molecule has 1 aromatic carbocycles. The maximum atomic E-state index is 12.3. The molecule has 1 aliphatic rings. The van der Waals surface area contributed by atoms with E-state index in [9.17, 15) is 4.79 Å². The van der Waals surface area contributed by atoms with Crippen LogP contribution in [0.5, 0.6) is 0 Å². The predicted octanol–water partition coefficient (Wildman–Crippen LogP) is 1.14. The minimum Gasteiger partial charge on any atom is -0.384 e. The third kappa shape index (κ3) is 1.77. The van der Waals surface area contributed by atoms with E-state index < -0.39 is 0 Å². The third-order valence-corrected chi connectivity index (χ3v) is 3.36. The van der Waals surface area contributed by atoms with Crippen molar-refractivity contribution < 1.29 is 4.79 Å². The molecule has 1 aromatic heterocycles. The molecule has 5 heteroatoms. The molecule has 0 fully saturated rings. The van der Waals surface area contributed by atoms with Crippen LogP contribution in [-0.2, 0) is 18.3 Å². The second kappa shape index (κ2) is 4.25. The fraction of sp³-hybridized carbons (Fsp3) is 0.308. The van der Waals surface area contributed by atoms with Crippen molar-refractivity contribution in [2.24, 2.45) is 7.05 Å². The Morgan fingerprint density at radius 2 is 2.33 bits per heavy atom. The van der Waals surface area contributed by atoms with Gasteiger partial charge >= 0.3 is 0 Å². The molecule has 0 saturated heterocycles. The summed E-state index contributed by atoms with van der Waals surface area (Å²) in [5, 5.41) is 7.24. The maximum absolute atomic E-state index is 12.3. The van der Waals surface area contributed by atoms with E-state index in [1.165, 1.54) is 6.33 Å². The molecule has 3 rings (SSSR count). The van der Waals surface area contributed by atoms with Crippen molar-refractivity contribution >= 4 is 11.5 Å². The average Bonchev–Trinajstić information content (AvgIpc) is 2.96. The Hall–Kier alpha value is -2.17. The molecule has 18 heavy (non-hydrogen) atoms. The van der Waals surface area contributed by atoms with Crippen LogP contribution in [0.4, 0.5) is 5.69 Å². The summed E-state index contributed by atoms with van der Waals surface area (Å²) in [6.07, 6.45) is 1.81. The van der Waals surface area contributed by atoms with E-state index in [1.54, 1.807) is 11.7 Å². The molecule has 2 aromatic rings. The number of anilines is 1. The van der Waals surface area contributed by atoms with Gasteiger partial charge in [-0.25, -0.2) is 4.98 Å². The number of rotatable bonds is 3. The molecule has 0 aliphatic carbocycles. The van der Waals surface area contributed by atoms with Gasteiger partial charge in [0.25, 0.3) is 0 Å². The van der Waals surface area contributed by atoms with Crippen LogP contribution < -0.4 is 5.32 Å². The zero-order chi connectivity index (χ0) is 12.5. The summed E-state index contributed by atoms with van der Waals surface area (Å²) < 4.78 is 1.65. The Kier molecular flexibility index (Phi) is 2.59. The third-order valence-electron chi connectivity index (χ3n) is 3.36. The van der Waals surface area contributed by atoms with E-state index in [4.69, 9.17) is 0 Å². The maximum Gasteiger partial charge on any atom is 0.149 e. The van der Waals surface area contributed by atoms with Crippen molar-refractivity contribution in [2.75, 3.05) is 11.9 Å². The summed E-state index contributed by atoms with van der Waals surface area (Å²) in [5.74, 6) is 0.825. The first-order chi connectivity index (χ1) is 8.75. The number of hydrogen-bond acceptors (Lipinski definition) is 4. The van der Waals surface area contributed by atoms with Crippen LogP contribution >= 0.6 is 0 Å². The highest BCUT2D eigenvalue weighted by atomic mass is 16.1. The monoisotopic (exact) mass is 242 g/mol. The highest BCUT2D eigenvalue weighted by Gasteiger charge is 2.28. The molecule has 92 valence electrons. The summed E-state index contributed by atoms with van der Waals surface area (Å²) in [4.78, 5) is 16.4. The summed E-state index contributed by atoms with van der Waals surface area (Å²) in [7, 11) is 1.80. The number of hydrogen-bond donors (Lipinski definition) is 1. The summed E-state index contributed by atoms with van der Waals surface area (Å²) in [5.41, 5.74) is 2.15. The standard InChI is InChI=1S/C13H14N4O/c1-17-13(15-8-16-17)6-12(18)10-7-14-11-5-3-2-4-9(10)11/h2-5,8,10,14H,6-7H2,1H3. The quantitative estimate of drug-likeness (QED) is 0.876. The van der Waals surface area contributed by atoms with Crippen LogP contribution in [0.25, 0.3) is 0 Å². The van der Waals surface area contributed by atoms with Gasteiger partial charge in [-0.05, 0) is 11.6 Å². The lowest BCUT2D eigenvalue weighted by Crippen LogP contribution is -2.18. The lowest BCUT2D eigenvalue weighted by molar-refractivity contribution is -0.119. The first-order valence-electron chi connectivity index (χ1n) is 5.94. The van der Waals surface area contributed by atoms with Gasteiger partial charge in [0.05, 0.1) is 12.3 Å². The van der Waals surface area contributed by atoms with Gasteiger partial charge in [-0.3, -0.25) is 9.48 Å². The smallest absolute Gasteiger partial charge is 0.149 e. The van der Waals surface area contributed by atoms with Gasteiger partial charge < -0.3 is 5.32 Å². The van der Waals surface area contributed by atoms with Gasteiger partial charge in [-0.1, -0.05) is 18.2 Å². The van der Waals surface area contributed by atoms with Gasteiger partial charge in [0.2, 0.25) is 0 Å². The molecular weight excluding hydrogens is 228 g/mol. The molecule has 0 amide bonds. The predicted molar refractivity (Wildman–Crippen MR) is 67.4 cm³/mol. The molecule has 2 heterocycles. The van der Waals surface area contributed by atoms with Crippen molar-refractivity contribution in [3.8, 4) is 0 Å². The van der Waals surface area contributed by atoms with E-state index >= 15 is 0 Å². The SMILES string of the molecule is Cn1ncnc1CC(=O)C1CNc2ccccc21. The highest BCUT2D eigenvalue weighted by Crippen LogP contribution is 2.32. The van der Waals surface area contributed by atoms with E-state index in [2.05, 4.69) is 15.4 Å². The van der Waals surface area contributed by atoms with Crippen molar-refractivity contribution in [1.82, 2.24) is 14.8 Å². The Bertz CT molecular complexity index is 590. The zero-order valence-corrected chi connectivity index (χ0v) is 10.1. The summed E-state index contributed by atoms with van der Waals surface area (Å²) in [6, 6.07) is 7.95. The van der Waals surface area contributed by atoms with Crippen LogP contribution in [0.3, 0.4) is 0 Å². The Morgan fingerprint density at radius 1 is 1.50 bits per heavy atom. The van der Waals surface area contributed by atoms with Crippen molar-refractivity contribution in [1.29, 1.82) is 0 Å². The van der Waals surface area contributed by atoms with Gasteiger partial charge in [-0.15, -0.1) is 0 Å². The number of nitrogens with one attached hydrogen (secondary N) is 1. The largest absolute Gasteiger partial charge is 0.384 e. The van der Waals surface area contributed by atoms with Crippen LogP contribution in [0, 0.1) is 0 Å². The van der Waals surface area contributed by atoms with Crippen molar-refractivity contribution in [2.45, 2.75) is 12.3 Å². The van der Waals surface area contributed by atoms with Crippen molar-refractivity contribution in [3.05, 3.63) is 42.0 Å². The molecule has 0 saturated carbocycles. The number of fused-ring (bicyclic) bond motifs is 1. The number of nitrogens with zero attached hydrogens (tertiary/aromatic N) is 3. The molecule has 5 nitrogen and oxygen atoms in total. The molecular formula is C13H14N4O. The zero-order valence-electron chi connectivity index (χ0n) is 10.1. The number of carbonyl (C=O) groups is 1. The lowest BCUT2D eigenvalue weighted by Gasteiger charge is -2.08. The summed E-state index contributed by atoms with van der Waals surface area (Å²) >= 11 is 0. The van der Waals surface area contributed by atoms with Gasteiger partial charge in [-0.2, -0.15) is 5.10 Å². The number of benzene rings is 1. The highest BCUT2D eigenvalue weighted by molar-refractivity contribution is 5.90. The van der Waals surface area contributed by atoms with Crippen LogP contribution in [0.1, 0.15) is 17.3 Å². The molecule has 1 N–H and O–H groups in total. The van der Waals surface area contributed by atoms with Gasteiger partial charge in [0.1, 0.15) is 17.9 Å². The average molecular weight is 242 g/mol. The number of Topliss-reactive ketones (excluding diaryl/α,β-unsaturated/α-hetero) is 1. The van der Waals surface area contributed by atoms with Crippen LogP contribution in [0.2, 0.25) is 0 Å².